The number of halogens is 2. The van der Waals surface area contributed by atoms with Crippen LogP contribution in [0.25, 0.3) is 0 Å². The summed E-state index contributed by atoms with van der Waals surface area (Å²) in [5, 5.41) is 6.10. The van der Waals surface area contributed by atoms with E-state index in [4.69, 9.17) is 17.3 Å². The molecule has 1 aromatic heterocycles. The van der Waals surface area contributed by atoms with Gasteiger partial charge < -0.3 is 15.8 Å². The van der Waals surface area contributed by atoms with E-state index in [0.717, 1.165) is 23.5 Å². The standard InChI is InChI=1S/C12H14ClFN4S2/c13-8-6-11(20-18-12-17-4-5-19-12)9(14)7-10(8)16-3-1-2-15/h4-7,16H,1-3,15H2,(H,17,18). The Balaban J connectivity index is 2.01. The monoisotopic (exact) mass is 332 g/mol. The van der Waals surface area contributed by atoms with Crippen LogP contribution in [0.1, 0.15) is 6.42 Å². The van der Waals surface area contributed by atoms with Crippen molar-refractivity contribution in [1.29, 1.82) is 0 Å². The number of hydrogen-bond acceptors (Lipinski definition) is 6. The zero-order valence-corrected chi connectivity index (χ0v) is 12.9. The molecule has 2 rings (SSSR count). The van der Waals surface area contributed by atoms with Gasteiger partial charge in [-0.1, -0.05) is 11.6 Å². The fourth-order valence-electron chi connectivity index (χ4n) is 1.44. The predicted molar refractivity (Wildman–Crippen MR) is 85.2 cm³/mol. The van der Waals surface area contributed by atoms with E-state index < -0.39 is 0 Å². The SMILES string of the molecule is NCCCNc1cc(F)c(SNc2nccs2)cc1Cl. The number of aromatic nitrogens is 1. The average Bonchev–Trinajstić information content (AvgIpc) is 2.94. The molecule has 4 nitrogen and oxygen atoms in total. The molecule has 0 atom stereocenters. The molecule has 0 amide bonds. The fraction of sp³-hybridized carbons (Fsp3) is 0.250. The average molecular weight is 333 g/mol. The third-order valence-corrected chi connectivity index (χ3v) is 4.36. The molecule has 4 N–H and O–H groups in total. The van der Waals surface area contributed by atoms with Crippen LogP contribution in [0.3, 0.4) is 0 Å². The van der Waals surface area contributed by atoms with Crippen molar-refractivity contribution in [1.82, 2.24) is 4.98 Å². The Hall–Kier alpha value is -1.02. The first-order chi connectivity index (χ1) is 9.70. The van der Waals surface area contributed by atoms with Crippen molar-refractivity contribution in [3.05, 3.63) is 34.5 Å². The highest BCUT2D eigenvalue weighted by Gasteiger charge is 2.10. The summed E-state index contributed by atoms with van der Waals surface area (Å²) in [4.78, 5) is 4.48. The first-order valence-corrected chi connectivity index (χ1v) is 8.03. The molecule has 20 heavy (non-hydrogen) atoms. The number of thiazole rings is 1. The Morgan fingerprint density at radius 1 is 1.45 bits per heavy atom. The molecule has 8 heteroatoms. The second kappa shape index (κ2) is 7.68. The molecule has 0 saturated carbocycles. The summed E-state index contributed by atoms with van der Waals surface area (Å²) in [6, 6.07) is 2.98. The number of hydrogen-bond donors (Lipinski definition) is 3. The van der Waals surface area contributed by atoms with Gasteiger partial charge in [-0.05, 0) is 37.0 Å². The van der Waals surface area contributed by atoms with E-state index in [-0.39, 0.29) is 5.82 Å². The van der Waals surface area contributed by atoms with Crippen molar-refractivity contribution < 1.29 is 4.39 Å². The second-order valence-corrected chi connectivity index (χ2v) is 6.02. The molecule has 0 saturated heterocycles. The summed E-state index contributed by atoms with van der Waals surface area (Å²) in [7, 11) is 0. The fourth-order valence-corrected chi connectivity index (χ4v) is 3.01. The van der Waals surface area contributed by atoms with Crippen molar-refractivity contribution in [2.24, 2.45) is 5.73 Å². The van der Waals surface area contributed by atoms with E-state index in [1.165, 1.54) is 17.4 Å². The van der Waals surface area contributed by atoms with Gasteiger partial charge in [0.25, 0.3) is 0 Å². The highest BCUT2D eigenvalue weighted by atomic mass is 35.5. The highest BCUT2D eigenvalue weighted by Crippen LogP contribution is 2.32. The normalized spacial score (nSPS) is 10.6. The van der Waals surface area contributed by atoms with Gasteiger partial charge in [-0.15, -0.1) is 11.3 Å². The largest absolute Gasteiger partial charge is 0.384 e. The van der Waals surface area contributed by atoms with E-state index in [1.807, 2.05) is 5.38 Å². The molecule has 0 aliphatic heterocycles. The van der Waals surface area contributed by atoms with Gasteiger partial charge in [0.05, 0.1) is 15.6 Å². The van der Waals surface area contributed by atoms with Crippen LogP contribution in [0.4, 0.5) is 15.2 Å². The summed E-state index contributed by atoms with van der Waals surface area (Å²) < 4.78 is 16.9. The predicted octanol–water partition coefficient (Wildman–Crippen LogP) is 3.82. The van der Waals surface area contributed by atoms with Gasteiger partial charge >= 0.3 is 0 Å². The van der Waals surface area contributed by atoms with Crippen LogP contribution >= 0.6 is 34.9 Å². The van der Waals surface area contributed by atoms with Crippen molar-refractivity contribution >= 4 is 45.7 Å². The van der Waals surface area contributed by atoms with Crippen molar-refractivity contribution in [3.63, 3.8) is 0 Å². The molecule has 0 spiro atoms. The molecule has 0 bridgehead atoms. The second-order valence-electron chi connectivity index (χ2n) is 3.87. The Morgan fingerprint density at radius 2 is 2.30 bits per heavy atom. The van der Waals surface area contributed by atoms with Crippen LogP contribution in [0, 0.1) is 5.82 Å². The van der Waals surface area contributed by atoms with Crippen LogP contribution in [-0.2, 0) is 0 Å². The molecule has 2 aromatic rings. The number of nitrogens with zero attached hydrogens (tertiary/aromatic N) is 1. The van der Waals surface area contributed by atoms with Crippen molar-refractivity contribution in [2.75, 3.05) is 23.1 Å². The number of rotatable bonds is 7. The minimum atomic E-state index is -0.335. The van der Waals surface area contributed by atoms with Crippen LogP contribution in [0.5, 0.6) is 0 Å². The molecule has 1 aromatic carbocycles. The van der Waals surface area contributed by atoms with Gasteiger partial charge in [0.2, 0.25) is 0 Å². The lowest BCUT2D eigenvalue weighted by Gasteiger charge is -2.10. The van der Waals surface area contributed by atoms with E-state index in [0.29, 0.717) is 28.7 Å². The molecule has 0 aliphatic rings. The lowest BCUT2D eigenvalue weighted by Crippen LogP contribution is -2.09. The van der Waals surface area contributed by atoms with E-state index >= 15 is 0 Å². The van der Waals surface area contributed by atoms with Gasteiger partial charge in [-0.3, -0.25) is 0 Å². The van der Waals surface area contributed by atoms with Crippen LogP contribution in [-0.4, -0.2) is 18.1 Å². The maximum absolute atomic E-state index is 14.0. The smallest absolute Gasteiger partial charge is 0.192 e. The zero-order chi connectivity index (χ0) is 14.4. The Bertz CT molecular complexity index is 551. The third kappa shape index (κ3) is 4.24. The van der Waals surface area contributed by atoms with Crippen LogP contribution < -0.4 is 15.8 Å². The number of nitrogens with one attached hydrogen (secondary N) is 2. The van der Waals surface area contributed by atoms with Gasteiger partial charge in [-0.2, -0.15) is 0 Å². The minimum Gasteiger partial charge on any atom is -0.384 e. The maximum Gasteiger partial charge on any atom is 0.192 e. The molecular formula is C12H14ClFN4S2. The van der Waals surface area contributed by atoms with Crippen molar-refractivity contribution in [2.45, 2.75) is 11.3 Å². The molecule has 0 fully saturated rings. The van der Waals surface area contributed by atoms with Crippen LogP contribution in [0.15, 0.2) is 28.6 Å². The summed E-state index contributed by atoms with van der Waals surface area (Å²) in [5.74, 6) is -0.335. The minimum absolute atomic E-state index is 0.335. The summed E-state index contributed by atoms with van der Waals surface area (Å²) in [6.07, 6.45) is 2.49. The van der Waals surface area contributed by atoms with Crippen LogP contribution in [0.2, 0.25) is 5.02 Å². The lowest BCUT2D eigenvalue weighted by molar-refractivity contribution is 0.602. The first-order valence-electron chi connectivity index (χ1n) is 5.96. The molecule has 108 valence electrons. The van der Waals surface area contributed by atoms with E-state index in [2.05, 4.69) is 15.0 Å². The number of benzene rings is 1. The molecule has 0 radical (unpaired) electrons. The Labute approximate surface area is 130 Å². The van der Waals surface area contributed by atoms with E-state index in [9.17, 15) is 4.39 Å². The summed E-state index contributed by atoms with van der Waals surface area (Å²) >= 11 is 8.72. The topological polar surface area (TPSA) is 63.0 Å². The van der Waals surface area contributed by atoms with Gasteiger partial charge in [0.15, 0.2) is 5.13 Å². The zero-order valence-electron chi connectivity index (χ0n) is 10.5. The van der Waals surface area contributed by atoms with Gasteiger partial charge in [-0.25, -0.2) is 9.37 Å². The van der Waals surface area contributed by atoms with E-state index in [1.54, 1.807) is 12.3 Å². The molecule has 0 aliphatic carbocycles. The molecule has 0 unspecified atom stereocenters. The summed E-state index contributed by atoms with van der Waals surface area (Å²) in [6.45, 7) is 1.25. The summed E-state index contributed by atoms with van der Waals surface area (Å²) in [5.41, 5.74) is 5.99. The number of anilines is 2. The Kier molecular flexibility index (Phi) is 5.90. The molecular weight excluding hydrogens is 319 g/mol. The molecule has 1 heterocycles. The number of nitrogens with two attached hydrogens (primary N) is 1. The Morgan fingerprint density at radius 3 is 3.00 bits per heavy atom. The quantitative estimate of drug-likeness (QED) is 0.531. The van der Waals surface area contributed by atoms with Gasteiger partial charge in [0.1, 0.15) is 5.82 Å². The van der Waals surface area contributed by atoms with Gasteiger partial charge in [0, 0.05) is 18.1 Å². The first kappa shape index (κ1) is 15.4. The van der Waals surface area contributed by atoms with Crippen molar-refractivity contribution in [3.8, 4) is 0 Å². The maximum atomic E-state index is 14.0. The third-order valence-electron chi connectivity index (χ3n) is 2.40. The highest BCUT2D eigenvalue weighted by molar-refractivity contribution is 8.00. The lowest BCUT2D eigenvalue weighted by atomic mass is 10.3.